The maximum Gasteiger partial charge on any atom is 0.270 e. The second kappa shape index (κ2) is 12.6. The van der Waals surface area contributed by atoms with Gasteiger partial charge in [-0.15, -0.1) is 0 Å². The topological polar surface area (TPSA) is 69.3 Å². The normalized spacial score (nSPS) is 17.6. The van der Waals surface area contributed by atoms with Gasteiger partial charge in [0.05, 0.1) is 4.91 Å². The fourth-order valence-corrected chi connectivity index (χ4v) is 5.93. The number of thioether (sulfide) groups is 1. The molecule has 8 heteroatoms. The number of amides is 1. The van der Waals surface area contributed by atoms with E-state index in [1.54, 1.807) is 9.47 Å². The number of nitrogens with zero attached hydrogens (tertiary/aromatic N) is 4. The molecule has 2 aliphatic heterocycles. The molecule has 0 spiro atoms. The van der Waals surface area contributed by atoms with Crippen molar-refractivity contribution < 1.29 is 4.79 Å². The third-order valence-electron chi connectivity index (χ3n) is 6.62. The van der Waals surface area contributed by atoms with Crippen molar-refractivity contribution in [3.05, 3.63) is 31.9 Å². The summed E-state index contributed by atoms with van der Waals surface area (Å²) in [6.45, 7) is 9.04. The van der Waals surface area contributed by atoms with E-state index in [1.165, 1.54) is 18.2 Å². The van der Waals surface area contributed by atoms with Gasteiger partial charge in [-0.2, -0.15) is 5.26 Å². The lowest BCUT2D eigenvalue weighted by atomic mass is 10.0. The predicted octanol–water partition coefficient (Wildman–Crippen LogP) is 5.60. The Balaban J connectivity index is 2.08. The maximum absolute atomic E-state index is 13.3. The quantitative estimate of drug-likeness (QED) is 0.237. The minimum Gasteiger partial charge on any atom is -0.357 e. The number of hydrogen-bond donors (Lipinski definition) is 0. The summed E-state index contributed by atoms with van der Waals surface area (Å²) < 4.78 is 2.36. The number of pyridine rings is 1. The van der Waals surface area contributed by atoms with Crippen LogP contribution in [-0.4, -0.2) is 39.3 Å². The number of rotatable bonds is 10. The van der Waals surface area contributed by atoms with Gasteiger partial charge in [-0.3, -0.25) is 19.1 Å². The molecular formula is C26H36N4O2S2. The Bertz CT molecular complexity index is 1050. The van der Waals surface area contributed by atoms with E-state index in [-0.39, 0.29) is 17.0 Å². The molecule has 0 bridgehead atoms. The third-order valence-corrected chi connectivity index (χ3v) is 8.00. The van der Waals surface area contributed by atoms with Crippen LogP contribution in [0.3, 0.4) is 0 Å². The standard InChI is InChI=1S/C26H36N4O2S2/c1-4-6-8-12-16-30-25(32)22(34-26(30)33)17-20-19(3)21(18-27)24(31)29(15-7-5-2)23(20)28-13-10-9-11-14-28/h17H,4-16H2,1-3H3/b22-17+. The number of carbonyl (C=O) groups is 1. The number of piperidine rings is 1. The largest absolute Gasteiger partial charge is 0.357 e. The summed E-state index contributed by atoms with van der Waals surface area (Å²) in [6, 6.07) is 2.14. The molecule has 2 aliphatic rings. The number of anilines is 1. The summed E-state index contributed by atoms with van der Waals surface area (Å²) in [4.78, 5) is 31.1. The molecule has 0 N–H and O–H groups in total. The summed E-state index contributed by atoms with van der Waals surface area (Å²) in [5, 5.41) is 9.81. The van der Waals surface area contributed by atoms with Crippen molar-refractivity contribution >= 4 is 46.1 Å². The minimum absolute atomic E-state index is 0.0692. The number of unbranched alkanes of at least 4 members (excludes halogenated alkanes) is 4. The van der Waals surface area contributed by atoms with Gasteiger partial charge >= 0.3 is 0 Å². The Morgan fingerprint density at radius 1 is 1.03 bits per heavy atom. The lowest BCUT2D eigenvalue weighted by molar-refractivity contribution is -0.122. The van der Waals surface area contributed by atoms with Crippen LogP contribution in [0.25, 0.3) is 6.08 Å². The Morgan fingerprint density at radius 3 is 2.38 bits per heavy atom. The van der Waals surface area contributed by atoms with Crippen LogP contribution in [-0.2, 0) is 11.3 Å². The van der Waals surface area contributed by atoms with Gasteiger partial charge in [0.2, 0.25) is 0 Å². The van der Waals surface area contributed by atoms with Crippen molar-refractivity contribution in [1.82, 2.24) is 9.47 Å². The van der Waals surface area contributed by atoms with Crippen LogP contribution >= 0.6 is 24.0 Å². The highest BCUT2D eigenvalue weighted by Gasteiger charge is 2.33. The number of carbonyl (C=O) groups excluding carboxylic acids is 1. The summed E-state index contributed by atoms with van der Waals surface area (Å²) in [6.07, 6.45) is 11.3. The van der Waals surface area contributed by atoms with E-state index in [0.29, 0.717) is 27.9 Å². The van der Waals surface area contributed by atoms with Crippen LogP contribution < -0.4 is 10.5 Å². The van der Waals surface area contributed by atoms with E-state index >= 15 is 0 Å². The van der Waals surface area contributed by atoms with Crippen LogP contribution in [0.15, 0.2) is 9.70 Å². The Morgan fingerprint density at radius 2 is 1.74 bits per heavy atom. The van der Waals surface area contributed by atoms with Gasteiger partial charge in [-0.05, 0) is 50.7 Å². The van der Waals surface area contributed by atoms with Crippen molar-refractivity contribution in [2.75, 3.05) is 24.5 Å². The minimum atomic E-state index is -0.227. The summed E-state index contributed by atoms with van der Waals surface area (Å²) >= 11 is 6.87. The lowest BCUT2D eigenvalue weighted by Gasteiger charge is -2.33. The molecule has 3 rings (SSSR count). The molecule has 6 nitrogen and oxygen atoms in total. The average Bonchev–Trinajstić information content (AvgIpc) is 3.10. The molecule has 0 saturated carbocycles. The number of thiocarbonyl (C=S) groups is 1. The zero-order valence-corrected chi connectivity index (χ0v) is 22.3. The first-order valence-corrected chi connectivity index (χ1v) is 13.8. The Kier molecular flexibility index (Phi) is 9.78. The fraction of sp³-hybridized carbons (Fsp3) is 0.615. The Labute approximate surface area is 213 Å². The number of nitriles is 1. The first kappa shape index (κ1) is 26.5. The van der Waals surface area contributed by atoms with Crippen LogP contribution in [0.4, 0.5) is 5.82 Å². The maximum atomic E-state index is 13.3. The van der Waals surface area contributed by atoms with Crippen molar-refractivity contribution in [3.8, 4) is 6.07 Å². The van der Waals surface area contributed by atoms with Gasteiger partial charge in [0.25, 0.3) is 11.5 Å². The molecule has 2 fully saturated rings. The fourth-order valence-electron chi connectivity index (χ4n) is 4.63. The third kappa shape index (κ3) is 5.75. The van der Waals surface area contributed by atoms with Crippen LogP contribution in [0.5, 0.6) is 0 Å². The van der Waals surface area contributed by atoms with Crippen molar-refractivity contribution in [3.63, 3.8) is 0 Å². The second-order valence-electron chi connectivity index (χ2n) is 9.10. The highest BCUT2D eigenvalue weighted by atomic mass is 32.2. The molecule has 0 radical (unpaired) electrons. The average molecular weight is 501 g/mol. The van der Waals surface area contributed by atoms with Crippen molar-refractivity contribution in [1.29, 1.82) is 5.26 Å². The lowest BCUT2D eigenvalue weighted by Crippen LogP contribution is -2.37. The van der Waals surface area contributed by atoms with Crippen LogP contribution in [0.1, 0.15) is 88.3 Å². The number of hydrogen-bond acceptors (Lipinski definition) is 6. The van der Waals surface area contributed by atoms with E-state index < -0.39 is 0 Å². The SMILES string of the molecule is CCCCCCN1C(=O)/C(=C\c2c(C)c(C#N)c(=O)n(CCCC)c2N2CCCCC2)SC1=S. The smallest absolute Gasteiger partial charge is 0.270 e. The van der Waals surface area contributed by atoms with Gasteiger partial charge in [-0.1, -0.05) is 63.5 Å². The molecule has 1 aromatic heterocycles. The van der Waals surface area contributed by atoms with E-state index in [2.05, 4.69) is 24.8 Å². The second-order valence-corrected chi connectivity index (χ2v) is 10.8. The predicted molar refractivity (Wildman–Crippen MR) is 145 cm³/mol. The van der Waals surface area contributed by atoms with Gasteiger partial charge < -0.3 is 4.90 Å². The van der Waals surface area contributed by atoms with Crippen LogP contribution in [0, 0.1) is 18.3 Å². The van der Waals surface area contributed by atoms with Crippen molar-refractivity contribution in [2.45, 2.75) is 85.1 Å². The molecule has 1 aromatic rings. The van der Waals surface area contributed by atoms with Crippen molar-refractivity contribution in [2.24, 2.45) is 0 Å². The first-order valence-electron chi connectivity index (χ1n) is 12.6. The molecule has 34 heavy (non-hydrogen) atoms. The Hall–Kier alpha value is -2.11. The highest BCUT2D eigenvalue weighted by molar-refractivity contribution is 8.26. The zero-order valence-electron chi connectivity index (χ0n) is 20.7. The van der Waals surface area contributed by atoms with E-state index in [1.807, 2.05) is 13.0 Å². The summed E-state index contributed by atoms with van der Waals surface area (Å²) in [5.74, 6) is 0.781. The molecule has 0 aromatic carbocycles. The van der Waals surface area contributed by atoms with Gasteiger partial charge in [-0.25, -0.2) is 0 Å². The first-order chi connectivity index (χ1) is 16.4. The number of aromatic nitrogens is 1. The molecule has 0 unspecified atom stereocenters. The highest BCUT2D eigenvalue weighted by Crippen LogP contribution is 2.36. The molecule has 184 valence electrons. The monoisotopic (exact) mass is 500 g/mol. The molecular weight excluding hydrogens is 464 g/mol. The molecule has 3 heterocycles. The molecule has 0 aliphatic carbocycles. The summed E-state index contributed by atoms with van der Waals surface area (Å²) in [5.41, 5.74) is 1.39. The van der Waals surface area contributed by atoms with Gasteiger partial charge in [0, 0.05) is 31.7 Å². The van der Waals surface area contributed by atoms with Gasteiger partial charge in [0.1, 0.15) is 21.8 Å². The molecule has 2 saturated heterocycles. The van der Waals surface area contributed by atoms with E-state index in [9.17, 15) is 14.9 Å². The van der Waals surface area contributed by atoms with Gasteiger partial charge in [0.15, 0.2) is 0 Å². The molecule has 1 amide bonds. The molecule has 0 atom stereocenters. The summed E-state index contributed by atoms with van der Waals surface area (Å²) in [7, 11) is 0. The zero-order chi connectivity index (χ0) is 24.7. The van der Waals surface area contributed by atoms with Crippen LogP contribution in [0.2, 0.25) is 0 Å². The van der Waals surface area contributed by atoms with E-state index in [4.69, 9.17) is 12.2 Å². The van der Waals surface area contributed by atoms with E-state index in [0.717, 1.165) is 75.8 Å².